The van der Waals surface area contributed by atoms with E-state index in [0.717, 1.165) is 5.56 Å². The Bertz CT molecular complexity index is 1860. The van der Waals surface area contributed by atoms with E-state index in [1.54, 1.807) is 50.2 Å². The van der Waals surface area contributed by atoms with Crippen molar-refractivity contribution < 1.29 is 23.9 Å². The van der Waals surface area contributed by atoms with Gasteiger partial charge in [-0.25, -0.2) is 19.4 Å². The molecule has 2 heterocycles. The van der Waals surface area contributed by atoms with Gasteiger partial charge in [-0.2, -0.15) is 0 Å². The van der Waals surface area contributed by atoms with Crippen LogP contribution in [-0.2, 0) is 6.61 Å². The first kappa shape index (κ1) is 27.6. The van der Waals surface area contributed by atoms with Crippen molar-refractivity contribution >= 4 is 17.6 Å². The number of aromatic amines is 2. The minimum atomic E-state index is -1.12. The molecule has 0 amide bonds. The molecule has 2 aromatic heterocycles. The number of nitrogens with zero attached hydrogens (tertiary/aromatic N) is 1. The molecule has 0 aliphatic rings. The number of benzene rings is 3. The number of aromatic nitrogens is 3. The molecular formula is C30H26ClN3O7. The number of halogens is 1. The van der Waals surface area contributed by atoms with Gasteiger partial charge in [0, 0.05) is 16.3 Å². The molecule has 0 bridgehead atoms. The van der Waals surface area contributed by atoms with Gasteiger partial charge in [0.1, 0.15) is 6.61 Å². The molecule has 1 atom stereocenters. The third-order valence-corrected chi connectivity index (χ3v) is 7.20. The minimum absolute atomic E-state index is 0.0268. The highest BCUT2D eigenvalue weighted by Crippen LogP contribution is 2.37. The summed E-state index contributed by atoms with van der Waals surface area (Å²) in [6, 6.07) is 18.5. The summed E-state index contributed by atoms with van der Waals surface area (Å²) in [5.41, 5.74) is 2.15. The summed E-state index contributed by atoms with van der Waals surface area (Å²) in [5.74, 6) is -1.14. The first-order chi connectivity index (χ1) is 19.7. The Morgan fingerprint density at radius 3 is 2.46 bits per heavy atom. The Hall–Kier alpha value is -4.96. The molecule has 3 N–H and O–H groups in total. The number of methoxy groups -OCH3 is 1. The minimum Gasteiger partial charge on any atom is -0.493 e. The van der Waals surface area contributed by atoms with Crippen molar-refractivity contribution in [1.82, 2.24) is 14.9 Å². The van der Waals surface area contributed by atoms with Gasteiger partial charge >= 0.3 is 11.6 Å². The lowest BCUT2D eigenvalue weighted by molar-refractivity contribution is 0.0697. The monoisotopic (exact) mass is 575 g/mol. The maximum atomic E-state index is 13.9. The zero-order valence-electron chi connectivity index (χ0n) is 22.4. The number of aromatic carboxylic acids is 1. The average Bonchev–Trinajstić information content (AvgIpc) is 3.46. The predicted octanol–water partition coefficient (Wildman–Crippen LogP) is 5.18. The highest BCUT2D eigenvalue weighted by atomic mass is 35.5. The Morgan fingerprint density at radius 2 is 1.78 bits per heavy atom. The van der Waals surface area contributed by atoms with E-state index in [1.807, 2.05) is 18.2 Å². The maximum Gasteiger partial charge on any atom is 0.361 e. The van der Waals surface area contributed by atoms with Gasteiger partial charge in [0.15, 0.2) is 11.5 Å². The molecule has 10 nitrogen and oxygen atoms in total. The van der Waals surface area contributed by atoms with Gasteiger partial charge in [-0.1, -0.05) is 41.9 Å². The van der Waals surface area contributed by atoms with Crippen LogP contribution >= 0.6 is 11.6 Å². The molecule has 5 rings (SSSR count). The van der Waals surface area contributed by atoms with E-state index in [9.17, 15) is 19.5 Å². The molecule has 0 aliphatic heterocycles. The fourth-order valence-corrected chi connectivity index (χ4v) is 5.00. The second-order valence-corrected chi connectivity index (χ2v) is 9.81. The summed E-state index contributed by atoms with van der Waals surface area (Å²) in [4.78, 5) is 38.3. The fraction of sp³-hybridized carbons (Fsp3) is 0.167. The van der Waals surface area contributed by atoms with Crippen LogP contribution in [0.3, 0.4) is 0 Å². The number of hydrogen-bond donors (Lipinski definition) is 3. The number of nitrogens with one attached hydrogen (secondary N) is 2. The Kier molecular flexibility index (Phi) is 7.58. The molecule has 0 saturated heterocycles. The van der Waals surface area contributed by atoms with Crippen molar-refractivity contribution in [3.05, 3.63) is 132 Å². The molecule has 0 aliphatic carbocycles. The molecule has 0 spiro atoms. The van der Waals surface area contributed by atoms with Gasteiger partial charge in [-0.15, -0.1) is 0 Å². The van der Waals surface area contributed by atoms with Crippen molar-refractivity contribution in [1.29, 1.82) is 0 Å². The van der Waals surface area contributed by atoms with Gasteiger partial charge in [0.2, 0.25) is 0 Å². The molecule has 0 radical (unpaired) electrons. The number of carbonyl (C=O) groups is 1. The van der Waals surface area contributed by atoms with Crippen LogP contribution in [0.5, 0.6) is 11.5 Å². The average molecular weight is 576 g/mol. The molecule has 0 saturated carbocycles. The first-order valence-corrected chi connectivity index (χ1v) is 12.9. The van der Waals surface area contributed by atoms with E-state index in [1.165, 1.54) is 23.9 Å². The van der Waals surface area contributed by atoms with Gasteiger partial charge in [0.05, 0.1) is 41.1 Å². The Labute approximate surface area is 238 Å². The number of aryl methyl sites for hydroxylation is 2. The van der Waals surface area contributed by atoms with E-state index in [2.05, 4.69) is 10.3 Å². The molecule has 1 unspecified atom stereocenters. The number of hydrogen-bond acceptors (Lipinski definition) is 6. The van der Waals surface area contributed by atoms with Crippen LogP contribution < -0.4 is 20.7 Å². The Balaban J connectivity index is 1.62. The SMILES string of the molecule is COc1cc(C(c2c(C)[nH]oc2=O)c2c(C)[nH]n(-c3cccc(C(=O)O)c3)c2=O)ccc1OCc1ccccc1Cl. The van der Waals surface area contributed by atoms with Gasteiger partial charge < -0.3 is 19.1 Å². The van der Waals surface area contributed by atoms with Crippen LogP contribution in [-0.4, -0.2) is 33.1 Å². The number of ether oxygens (including phenoxy) is 2. The summed E-state index contributed by atoms with van der Waals surface area (Å²) in [5, 5.41) is 15.6. The van der Waals surface area contributed by atoms with E-state index in [0.29, 0.717) is 39.2 Å². The van der Waals surface area contributed by atoms with E-state index in [-0.39, 0.29) is 23.3 Å². The van der Waals surface area contributed by atoms with Crippen molar-refractivity contribution in [2.75, 3.05) is 7.11 Å². The largest absolute Gasteiger partial charge is 0.493 e. The topological polar surface area (TPSA) is 140 Å². The maximum absolute atomic E-state index is 13.9. The standard InChI is InChI=1S/C30H26ClN3O7/c1-16-25(28(35)34(32-16)21-9-6-8-19(13-21)29(36)37)27(26-17(2)33-41-30(26)38)18-11-12-23(24(14-18)39-3)40-15-20-7-4-5-10-22(20)31/h4-14,27,32-33H,15H2,1-3H3,(H,36,37). The summed E-state index contributed by atoms with van der Waals surface area (Å²) in [6.07, 6.45) is 0. The lowest BCUT2D eigenvalue weighted by Crippen LogP contribution is -2.23. The van der Waals surface area contributed by atoms with Gasteiger partial charge in [-0.3, -0.25) is 9.89 Å². The number of carboxylic acid groups (broad SMARTS) is 1. The van der Waals surface area contributed by atoms with Crippen LogP contribution in [0.2, 0.25) is 5.02 Å². The summed E-state index contributed by atoms with van der Waals surface area (Å²) in [7, 11) is 1.50. The van der Waals surface area contributed by atoms with Crippen molar-refractivity contribution in [2.24, 2.45) is 0 Å². The smallest absolute Gasteiger partial charge is 0.361 e. The molecule has 41 heavy (non-hydrogen) atoms. The number of carboxylic acids is 1. The summed E-state index contributed by atoms with van der Waals surface area (Å²) < 4.78 is 18.0. The molecule has 210 valence electrons. The van der Waals surface area contributed by atoms with Gasteiger partial charge in [-0.05, 0) is 55.8 Å². The molecule has 11 heteroatoms. The van der Waals surface area contributed by atoms with E-state index < -0.39 is 23.1 Å². The summed E-state index contributed by atoms with van der Waals surface area (Å²) >= 11 is 6.27. The zero-order chi connectivity index (χ0) is 29.3. The van der Waals surface area contributed by atoms with Crippen LogP contribution in [0, 0.1) is 13.8 Å². The number of rotatable bonds is 9. The molecule has 3 aromatic carbocycles. The van der Waals surface area contributed by atoms with Crippen molar-refractivity contribution in [2.45, 2.75) is 26.4 Å². The highest BCUT2D eigenvalue weighted by molar-refractivity contribution is 6.31. The van der Waals surface area contributed by atoms with Crippen LogP contribution in [0.15, 0.2) is 80.8 Å². The third-order valence-electron chi connectivity index (χ3n) is 6.83. The molecule has 0 fully saturated rings. The second kappa shape index (κ2) is 11.3. The van der Waals surface area contributed by atoms with E-state index >= 15 is 0 Å². The Morgan fingerprint density at radius 1 is 1.00 bits per heavy atom. The van der Waals surface area contributed by atoms with Crippen LogP contribution in [0.25, 0.3) is 5.69 Å². The second-order valence-electron chi connectivity index (χ2n) is 9.40. The fourth-order valence-electron chi connectivity index (χ4n) is 4.81. The summed E-state index contributed by atoms with van der Waals surface area (Å²) in [6.45, 7) is 3.60. The third kappa shape index (κ3) is 5.29. The lowest BCUT2D eigenvalue weighted by Gasteiger charge is -2.18. The first-order valence-electron chi connectivity index (χ1n) is 12.6. The van der Waals surface area contributed by atoms with Crippen molar-refractivity contribution in [3.63, 3.8) is 0 Å². The normalized spacial score (nSPS) is 11.8. The van der Waals surface area contributed by atoms with Crippen LogP contribution in [0.1, 0.15) is 49.9 Å². The van der Waals surface area contributed by atoms with Crippen molar-refractivity contribution in [3.8, 4) is 17.2 Å². The van der Waals surface area contributed by atoms with Crippen LogP contribution in [0.4, 0.5) is 0 Å². The molecule has 5 aromatic rings. The number of H-pyrrole nitrogens is 2. The molecular weight excluding hydrogens is 550 g/mol. The lowest BCUT2D eigenvalue weighted by atomic mass is 9.85. The zero-order valence-corrected chi connectivity index (χ0v) is 23.1. The highest BCUT2D eigenvalue weighted by Gasteiger charge is 2.31. The predicted molar refractivity (Wildman–Crippen MR) is 152 cm³/mol. The van der Waals surface area contributed by atoms with Gasteiger partial charge in [0.25, 0.3) is 5.56 Å². The quantitative estimate of drug-likeness (QED) is 0.220. The van der Waals surface area contributed by atoms with E-state index in [4.69, 9.17) is 25.6 Å².